The zero-order valence-electron chi connectivity index (χ0n) is 18.8. The molecule has 0 aliphatic carbocycles. The fraction of sp³-hybridized carbons (Fsp3) is 0.120. The summed E-state index contributed by atoms with van der Waals surface area (Å²) in [5, 5.41) is 23.6. The molecule has 0 aliphatic rings. The van der Waals surface area contributed by atoms with Gasteiger partial charge in [0.15, 0.2) is 11.5 Å². The van der Waals surface area contributed by atoms with Crippen LogP contribution in [0.2, 0.25) is 5.02 Å². The Morgan fingerprint density at radius 2 is 1.83 bits per heavy atom. The summed E-state index contributed by atoms with van der Waals surface area (Å²) >= 11 is 6.19. The number of hydrogen-bond acceptors (Lipinski definition) is 7. The zero-order valence-corrected chi connectivity index (χ0v) is 19.5. The Bertz CT molecular complexity index is 1330. The molecule has 1 N–H and O–H groups in total. The monoisotopic (exact) mass is 493 g/mol. The number of nitro groups is 1. The third-order valence-corrected chi connectivity index (χ3v) is 5.22. The van der Waals surface area contributed by atoms with Gasteiger partial charge in [-0.25, -0.2) is 0 Å². The average Bonchev–Trinajstić information content (AvgIpc) is 2.86. The summed E-state index contributed by atoms with van der Waals surface area (Å²) < 4.78 is 16.3. The molecule has 0 fully saturated rings. The van der Waals surface area contributed by atoms with Crippen molar-refractivity contribution in [1.29, 1.82) is 5.26 Å². The topological polar surface area (TPSA) is 124 Å². The number of nitrogens with zero attached hydrogens (tertiary/aromatic N) is 2. The van der Waals surface area contributed by atoms with Gasteiger partial charge in [-0.3, -0.25) is 14.9 Å². The summed E-state index contributed by atoms with van der Waals surface area (Å²) in [7, 11) is 2.82. The van der Waals surface area contributed by atoms with Crippen LogP contribution < -0.4 is 19.5 Å². The molecule has 10 heteroatoms. The van der Waals surface area contributed by atoms with E-state index >= 15 is 0 Å². The van der Waals surface area contributed by atoms with Gasteiger partial charge < -0.3 is 19.5 Å². The highest BCUT2D eigenvalue weighted by Gasteiger charge is 2.16. The number of hydrogen-bond donors (Lipinski definition) is 1. The quantitative estimate of drug-likeness (QED) is 0.183. The number of carbonyl (C=O) groups excluding carboxylic acids is 1. The SMILES string of the molecule is COc1cc([N+](=O)[O-])ccc1NC(=O)/C(C#N)=C/c1ccc(OC)c(OCc2ccccc2Cl)c1. The van der Waals surface area contributed by atoms with Gasteiger partial charge in [-0.05, 0) is 35.9 Å². The minimum atomic E-state index is -0.714. The fourth-order valence-corrected chi connectivity index (χ4v) is 3.26. The fourth-order valence-electron chi connectivity index (χ4n) is 3.07. The number of rotatable bonds is 9. The Morgan fingerprint density at radius 3 is 2.49 bits per heavy atom. The normalized spacial score (nSPS) is 10.7. The van der Waals surface area contributed by atoms with Crippen LogP contribution in [-0.2, 0) is 11.4 Å². The molecular formula is C25H20ClN3O6. The van der Waals surface area contributed by atoms with E-state index in [-0.39, 0.29) is 29.3 Å². The van der Waals surface area contributed by atoms with Crippen molar-refractivity contribution in [1.82, 2.24) is 0 Å². The number of anilines is 1. The zero-order chi connectivity index (χ0) is 25.4. The van der Waals surface area contributed by atoms with Crippen LogP contribution in [0.25, 0.3) is 6.08 Å². The van der Waals surface area contributed by atoms with Crippen LogP contribution in [0.3, 0.4) is 0 Å². The van der Waals surface area contributed by atoms with Crippen LogP contribution in [0.15, 0.2) is 66.2 Å². The second-order valence-corrected chi connectivity index (χ2v) is 7.46. The maximum atomic E-state index is 12.7. The van der Waals surface area contributed by atoms with E-state index in [1.54, 1.807) is 24.3 Å². The summed E-state index contributed by atoms with van der Waals surface area (Å²) in [4.78, 5) is 23.1. The lowest BCUT2D eigenvalue weighted by Crippen LogP contribution is -2.14. The first-order valence-corrected chi connectivity index (χ1v) is 10.5. The number of nitro benzene ring substituents is 1. The lowest BCUT2D eigenvalue weighted by atomic mass is 10.1. The van der Waals surface area contributed by atoms with E-state index in [0.29, 0.717) is 22.1 Å². The minimum absolute atomic E-state index is 0.0875. The summed E-state index contributed by atoms with van der Waals surface area (Å²) in [6.07, 6.45) is 1.38. The number of halogens is 1. The maximum Gasteiger partial charge on any atom is 0.273 e. The Hall–Kier alpha value is -4.55. The maximum absolute atomic E-state index is 12.7. The van der Waals surface area contributed by atoms with Crippen molar-refractivity contribution >= 4 is 35.0 Å². The number of amides is 1. The molecule has 0 atom stereocenters. The molecule has 0 heterocycles. The van der Waals surface area contributed by atoms with Gasteiger partial charge in [-0.15, -0.1) is 0 Å². The molecule has 0 unspecified atom stereocenters. The molecule has 35 heavy (non-hydrogen) atoms. The van der Waals surface area contributed by atoms with Crippen molar-refractivity contribution in [3.05, 3.63) is 92.5 Å². The van der Waals surface area contributed by atoms with E-state index in [9.17, 15) is 20.2 Å². The van der Waals surface area contributed by atoms with Crippen molar-refractivity contribution in [2.45, 2.75) is 6.61 Å². The standard InChI is InChI=1S/C25H20ClN3O6/c1-33-22-10-7-16(12-24(22)35-15-17-5-3-4-6-20(17)26)11-18(14-27)25(30)28-21-9-8-19(29(31)32)13-23(21)34-2/h3-13H,15H2,1-2H3,(H,28,30)/b18-11+. The van der Waals surface area contributed by atoms with Gasteiger partial charge in [0.05, 0.1) is 30.9 Å². The highest BCUT2D eigenvalue weighted by Crippen LogP contribution is 2.31. The van der Waals surface area contributed by atoms with Gasteiger partial charge in [0, 0.05) is 16.7 Å². The van der Waals surface area contributed by atoms with Crippen molar-refractivity contribution in [3.63, 3.8) is 0 Å². The van der Waals surface area contributed by atoms with E-state index in [4.69, 9.17) is 25.8 Å². The van der Waals surface area contributed by atoms with Gasteiger partial charge in [0.2, 0.25) is 0 Å². The van der Waals surface area contributed by atoms with Crippen molar-refractivity contribution in [2.75, 3.05) is 19.5 Å². The largest absolute Gasteiger partial charge is 0.494 e. The first-order valence-electron chi connectivity index (χ1n) is 10.2. The molecule has 3 aromatic carbocycles. The molecule has 0 aromatic heterocycles. The van der Waals surface area contributed by atoms with Gasteiger partial charge in [0.25, 0.3) is 11.6 Å². The minimum Gasteiger partial charge on any atom is -0.494 e. The van der Waals surface area contributed by atoms with Crippen molar-refractivity contribution in [3.8, 4) is 23.3 Å². The third-order valence-electron chi connectivity index (χ3n) is 4.85. The van der Waals surface area contributed by atoms with E-state index in [1.807, 2.05) is 24.3 Å². The predicted molar refractivity (Wildman–Crippen MR) is 131 cm³/mol. The van der Waals surface area contributed by atoms with Crippen LogP contribution in [0.1, 0.15) is 11.1 Å². The van der Waals surface area contributed by atoms with E-state index in [0.717, 1.165) is 5.56 Å². The van der Waals surface area contributed by atoms with Crippen LogP contribution in [0.5, 0.6) is 17.2 Å². The van der Waals surface area contributed by atoms with Gasteiger partial charge in [-0.2, -0.15) is 5.26 Å². The molecule has 3 aromatic rings. The lowest BCUT2D eigenvalue weighted by molar-refractivity contribution is -0.384. The smallest absolute Gasteiger partial charge is 0.273 e. The highest BCUT2D eigenvalue weighted by atomic mass is 35.5. The number of non-ortho nitro benzene ring substituents is 1. The average molecular weight is 494 g/mol. The Labute approximate surface area is 206 Å². The summed E-state index contributed by atoms with van der Waals surface area (Å²) in [5.74, 6) is 0.238. The van der Waals surface area contributed by atoms with Crippen LogP contribution >= 0.6 is 11.6 Å². The number of methoxy groups -OCH3 is 2. The molecule has 0 spiro atoms. The molecule has 0 bridgehead atoms. The lowest BCUT2D eigenvalue weighted by Gasteiger charge is -2.12. The van der Waals surface area contributed by atoms with E-state index in [1.165, 1.54) is 38.5 Å². The molecule has 9 nitrogen and oxygen atoms in total. The molecule has 1 amide bonds. The number of carbonyl (C=O) groups is 1. The molecule has 3 rings (SSSR count). The number of nitrogens with one attached hydrogen (secondary N) is 1. The van der Waals surface area contributed by atoms with Crippen LogP contribution in [0, 0.1) is 21.4 Å². The van der Waals surface area contributed by atoms with Crippen molar-refractivity contribution < 1.29 is 23.9 Å². The van der Waals surface area contributed by atoms with Gasteiger partial charge >= 0.3 is 0 Å². The second kappa shape index (κ2) is 11.5. The summed E-state index contributed by atoms with van der Waals surface area (Å²) in [6.45, 7) is 0.189. The predicted octanol–water partition coefficient (Wildman–Crippen LogP) is 5.39. The third kappa shape index (κ3) is 6.28. The molecule has 0 aliphatic heterocycles. The summed E-state index contributed by atoms with van der Waals surface area (Å²) in [5.41, 5.74) is 1.09. The molecule has 178 valence electrons. The van der Waals surface area contributed by atoms with Gasteiger partial charge in [0.1, 0.15) is 24.0 Å². The molecular weight excluding hydrogens is 474 g/mol. The number of ether oxygens (including phenoxy) is 3. The Balaban J connectivity index is 1.83. The van der Waals surface area contributed by atoms with E-state index in [2.05, 4.69) is 5.32 Å². The number of nitriles is 1. The van der Waals surface area contributed by atoms with Crippen molar-refractivity contribution in [2.24, 2.45) is 0 Å². The molecule has 0 saturated carbocycles. The summed E-state index contributed by atoms with van der Waals surface area (Å²) in [6, 6.07) is 17.8. The first kappa shape index (κ1) is 25.1. The Kier molecular flexibility index (Phi) is 8.27. The number of benzene rings is 3. The van der Waals surface area contributed by atoms with Crippen LogP contribution in [-0.4, -0.2) is 25.1 Å². The Morgan fingerprint density at radius 1 is 1.09 bits per heavy atom. The first-order chi connectivity index (χ1) is 16.9. The molecule has 0 saturated heterocycles. The second-order valence-electron chi connectivity index (χ2n) is 7.06. The van der Waals surface area contributed by atoms with E-state index < -0.39 is 10.8 Å². The molecule has 0 radical (unpaired) electrons. The highest BCUT2D eigenvalue weighted by molar-refractivity contribution is 6.31. The van der Waals surface area contributed by atoms with Crippen LogP contribution in [0.4, 0.5) is 11.4 Å². The van der Waals surface area contributed by atoms with Gasteiger partial charge in [-0.1, -0.05) is 35.9 Å².